The summed E-state index contributed by atoms with van der Waals surface area (Å²) in [5.74, 6) is 0.317. The maximum atomic E-state index is 13.4. The van der Waals surface area contributed by atoms with E-state index in [0.717, 1.165) is 79.7 Å². The molecular formula is C50H64F2N6O3SSi. The largest absolute Gasteiger partial charge is 0.416 e. The van der Waals surface area contributed by atoms with E-state index in [9.17, 15) is 19.0 Å². The molecule has 0 spiro atoms. The van der Waals surface area contributed by atoms with Crippen molar-refractivity contribution < 1.29 is 23.4 Å². The van der Waals surface area contributed by atoms with Crippen LogP contribution in [0.25, 0.3) is 23.5 Å². The molecule has 4 aliphatic carbocycles. The molecule has 3 aromatic heterocycles. The quantitative estimate of drug-likeness (QED) is 0.106. The van der Waals surface area contributed by atoms with Crippen LogP contribution in [0, 0.1) is 34.3 Å². The van der Waals surface area contributed by atoms with Gasteiger partial charge in [0, 0.05) is 40.8 Å². The zero-order valence-electron chi connectivity index (χ0n) is 38.1. The Kier molecular flexibility index (Phi) is 12.7. The van der Waals surface area contributed by atoms with E-state index < -0.39 is 8.32 Å². The van der Waals surface area contributed by atoms with Crippen molar-refractivity contribution in [1.29, 1.82) is 0 Å². The first-order chi connectivity index (χ1) is 29.9. The molecule has 9 rings (SSSR count). The van der Waals surface area contributed by atoms with E-state index in [4.69, 9.17) is 4.43 Å². The van der Waals surface area contributed by atoms with Crippen molar-refractivity contribution in [2.24, 2.45) is 29.7 Å². The minimum atomic E-state index is -1.91. The van der Waals surface area contributed by atoms with Crippen LogP contribution in [0.5, 0.6) is 0 Å². The third-order valence-electron chi connectivity index (χ3n) is 15.0. The van der Waals surface area contributed by atoms with E-state index in [1.54, 1.807) is 24.3 Å². The lowest BCUT2D eigenvalue weighted by Gasteiger charge is -2.48. The molecule has 2 N–H and O–H groups in total. The van der Waals surface area contributed by atoms with E-state index in [0.29, 0.717) is 17.8 Å². The van der Waals surface area contributed by atoms with Crippen LogP contribution in [0.15, 0.2) is 89.4 Å². The molecule has 3 heterocycles. The maximum absolute atomic E-state index is 13.4. The van der Waals surface area contributed by atoms with Crippen LogP contribution < -0.4 is 0 Å². The van der Waals surface area contributed by atoms with Crippen LogP contribution in [-0.2, 0) is 24.3 Å². The second-order valence-corrected chi connectivity index (χ2v) is 26.5. The van der Waals surface area contributed by atoms with Gasteiger partial charge in [-0.05, 0) is 160 Å². The monoisotopic (exact) mass is 894 g/mol. The summed E-state index contributed by atoms with van der Waals surface area (Å²) in [5.41, 5.74) is 8.63. The van der Waals surface area contributed by atoms with Gasteiger partial charge in [-0.1, -0.05) is 38.8 Å². The van der Waals surface area contributed by atoms with Gasteiger partial charge >= 0.3 is 0 Å². The van der Waals surface area contributed by atoms with Gasteiger partial charge in [0.2, 0.25) is 0 Å². The van der Waals surface area contributed by atoms with Gasteiger partial charge in [0.1, 0.15) is 11.6 Å². The molecule has 0 bridgehead atoms. The highest BCUT2D eigenvalue weighted by atomic mass is 32.2. The number of aliphatic hydroxyl groups is 2. The van der Waals surface area contributed by atoms with E-state index in [1.807, 2.05) is 58.4 Å². The lowest BCUT2D eigenvalue weighted by Crippen LogP contribution is -2.47. The van der Waals surface area contributed by atoms with Crippen molar-refractivity contribution in [1.82, 2.24) is 29.3 Å². The molecule has 0 aliphatic heterocycles. The summed E-state index contributed by atoms with van der Waals surface area (Å²) in [5, 5.41) is 35.1. The highest BCUT2D eigenvalue weighted by Gasteiger charge is 2.48. The predicted octanol–water partition coefficient (Wildman–Crippen LogP) is 10.8. The molecule has 5 aromatic rings. The van der Waals surface area contributed by atoms with Gasteiger partial charge in [0.25, 0.3) is 0 Å². The molecule has 0 radical (unpaired) electrons. The number of nitrogens with zero attached hydrogens (tertiary/aromatic N) is 6. The van der Waals surface area contributed by atoms with Gasteiger partial charge in [0.05, 0.1) is 54.1 Å². The summed E-state index contributed by atoms with van der Waals surface area (Å²) in [6.45, 7) is 16.5. The molecule has 4 aliphatic rings. The molecule has 0 amide bonds. The molecule has 13 heteroatoms. The Balaban J connectivity index is 0.000000173. The zero-order chi connectivity index (χ0) is 44.9. The van der Waals surface area contributed by atoms with Crippen LogP contribution in [0.3, 0.4) is 0 Å². The van der Waals surface area contributed by atoms with Gasteiger partial charge in [-0.15, -0.1) is 11.8 Å². The number of aryl methyl sites for hydroxylation is 1. The number of rotatable bonds is 10. The van der Waals surface area contributed by atoms with Gasteiger partial charge in [-0.2, -0.15) is 15.3 Å². The highest BCUT2D eigenvalue weighted by molar-refractivity contribution is 8.00. The first kappa shape index (κ1) is 45.4. The van der Waals surface area contributed by atoms with E-state index in [1.165, 1.54) is 45.9 Å². The SMILES string of the molecule is CC(O)[C@H]1CCC2=Cc3c(cnn3-c3ccc(F)cc3)C[C@]2(CO[Si](C)(C)C(C)(C)C)C1.CC(Sc1cnn(C)c1)[C@H]1CCC2=Cc3c(cnn3-c3ccc(F)cc3)C[C@]2(CO)C1. The standard InChI is InChI=1S/C26H37FN2O2Si.C24H27FN4OS/c1-18(30)19-7-8-21-13-24-20(16-28-29(24)23-11-9-22(27)10-12-23)15-26(21,14-19)17-31-32(5,6)25(2,3)4;1-16(31-22-13-26-28(2)14-22)17-3-4-19-9-23-18(11-24(19,10-17)15-30)12-27-29(23)21-7-5-20(25)6-8-21/h9-13,16,18-19,30H,7-8,14-15,17H2,1-6H3;5-9,12-14,16-17,30H,3-4,10-11,15H2,1-2H3/t18?,19-,26-;16?,17-,24-/m00/s1. The minimum absolute atomic E-state index is 0.0981. The van der Waals surface area contributed by atoms with Gasteiger partial charge in [-0.3, -0.25) is 4.68 Å². The first-order valence-electron chi connectivity index (χ1n) is 22.6. The molecule has 9 nitrogen and oxygen atoms in total. The highest BCUT2D eigenvalue weighted by Crippen LogP contribution is 2.53. The normalized spacial score (nSPS) is 24.1. The Morgan fingerprint density at radius 3 is 1.79 bits per heavy atom. The summed E-state index contributed by atoms with van der Waals surface area (Å²) >= 11 is 1.88. The molecule has 2 unspecified atom stereocenters. The van der Waals surface area contributed by atoms with E-state index in [2.05, 4.69) is 74.4 Å². The summed E-state index contributed by atoms with van der Waals surface area (Å²) < 4.78 is 39.2. The van der Waals surface area contributed by atoms with Crippen molar-refractivity contribution in [3.63, 3.8) is 0 Å². The Bertz CT molecular complexity index is 2470. The average molecular weight is 895 g/mol. The maximum Gasteiger partial charge on any atom is 0.192 e. The lowest BCUT2D eigenvalue weighted by atomic mass is 9.61. The minimum Gasteiger partial charge on any atom is -0.416 e. The zero-order valence-corrected chi connectivity index (χ0v) is 39.9. The number of fused-ring (bicyclic) bond motifs is 4. The Morgan fingerprint density at radius 1 is 0.794 bits per heavy atom. The fourth-order valence-electron chi connectivity index (χ4n) is 10.0. The number of aromatic nitrogens is 6. The number of thioether (sulfide) groups is 1. The molecule has 0 saturated heterocycles. The molecule has 336 valence electrons. The van der Waals surface area contributed by atoms with Crippen LogP contribution in [-0.4, -0.2) is 72.4 Å². The second kappa shape index (κ2) is 17.7. The van der Waals surface area contributed by atoms with Crippen LogP contribution in [0.4, 0.5) is 8.78 Å². The average Bonchev–Trinajstić information content (AvgIpc) is 3.98. The molecule has 63 heavy (non-hydrogen) atoms. The van der Waals surface area contributed by atoms with Gasteiger partial charge in [-0.25, -0.2) is 18.1 Å². The predicted molar refractivity (Wildman–Crippen MR) is 250 cm³/mol. The van der Waals surface area contributed by atoms with Crippen molar-refractivity contribution in [3.8, 4) is 11.4 Å². The lowest BCUT2D eigenvalue weighted by molar-refractivity contribution is 0.0450. The summed E-state index contributed by atoms with van der Waals surface area (Å²) in [6, 6.07) is 12.9. The summed E-state index contributed by atoms with van der Waals surface area (Å²) in [4.78, 5) is 1.20. The Labute approximate surface area is 376 Å². The van der Waals surface area contributed by atoms with Crippen molar-refractivity contribution in [2.45, 2.75) is 120 Å². The van der Waals surface area contributed by atoms with E-state index in [-0.39, 0.29) is 46.1 Å². The molecular weight excluding hydrogens is 831 g/mol. The molecule has 2 aromatic carbocycles. The number of aliphatic hydroxyl groups excluding tert-OH is 2. The van der Waals surface area contributed by atoms with Crippen molar-refractivity contribution in [3.05, 3.63) is 119 Å². The third kappa shape index (κ3) is 9.23. The second-order valence-electron chi connectivity index (χ2n) is 20.3. The van der Waals surface area contributed by atoms with E-state index >= 15 is 0 Å². The molecule has 2 fully saturated rings. The summed E-state index contributed by atoms with van der Waals surface area (Å²) in [7, 11) is 0.0332. The number of hydrogen-bond acceptors (Lipinski definition) is 7. The Hall–Kier alpha value is -4.14. The first-order valence-corrected chi connectivity index (χ1v) is 26.3. The van der Waals surface area contributed by atoms with Crippen LogP contribution in [0.2, 0.25) is 18.1 Å². The van der Waals surface area contributed by atoms with Crippen LogP contribution in [0.1, 0.15) is 95.7 Å². The topological polar surface area (TPSA) is 103 Å². The Morgan fingerprint density at radius 2 is 1.30 bits per heavy atom. The number of halogens is 2. The molecule has 2 saturated carbocycles. The third-order valence-corrected chi connectivity index (χ3v) is 20.7. The molecule has 6 atom stereocenters. The summed E-state index contributed by atoms with van der Waals surface area (Å²) in [6.07, 6.45) is 19.7. The fraction of sp³-hybridized carbons (Fsp3) is 0.500. The van der Waals surface area contributed by atoms with Crippen molar-refractivity contribution in [2.75, 3.05) is 13.2 Å². The number of benzene rings is 2. The number of hydrogen-bond donors (Lipinski definition) is 2. The van der Waals surface area contributed by atoms with Crippen LogP contribution >= 0.6 is 11.8 Å². The van der Waals surface area contributed by atoms with Gasteiger partial charge in [0.15, 0.2) is 8.32 Å². The van der Waals surface area contributed by atoms with Crippen molar-refractivity contribution >= 4 is 32.2 Å². The van der Waals surface area contributed by atoms with Gasteiger partial charge < -0.3 is 14.6 Å². The smallest absolute Gasteiger partial charge is 0.192 e. The fourth-order valence-corrected chi connectivity index (χ4v) is 12.3.